The molecule has 0 aliphatic heterocycles. The maximum absolute atomic E-state index is 11.7. The van der Waals surface area contributed by atoms with Crippen LogP contribution in [0, 0.1) is 10.1 Å². The summed E-state index contributed by atoms with van der Waals surface area (Å²) in [5.74, 6) is 5.08. The molecule has 1 rings (SSSR count). The third-order valence-corrected chi connectivity index (χ3v) is 4.60. The van der Waals surface area contributed by atoms with Gasteiger partial charge in [-0.2, -0.15) is 0 Å². The maximum atomic E-state index is 11.7. The molecule has 0 atom stereocenters. The average molecular weight is 281 g/mol. The lowest BCUT2D eigenvalue weighted by molar-refractivity contribution is -0.383. The van der Waals surface area contributed by atoms with Gasteiger partial charge in [-0.3, -0.25) is 10.1 Å². The van der Waals surface area contributed by atoms with Crippen molar-refractivity contribution in [1.29, 1.82) is 0 Å². The number of hydrogen-bond donors (Lipinski definition) is 3. The number of rotatable bonds is 5. The van der Waals surface area contributed by atoms with Gasteiger partial charge in [0.15, 0.2) is 5.00 Å². The lowest BCUT2D eigenvalue weighted by Gasteiger charge is -2.10. The van der Waals surface area contributed by atoms with Crippen LogP contribution in [0.25, 0.3) is 0 Å². The van der Waals surface area contributed by atoms with Crippen molar-refractivity contribution in [2.75, 3.05) is 19.5 Å². The Labute approximate surface area is 101 Å². The summed E-state index contributed by atoms with van der Waals surface area (Å²) < 4.78 is 23.2. The van der Waals surface area contributed by atoms with Crippen molar-refractivity contribution in [3.05, 3.63) is 16.2 Å². The number of anilines is 1. The number of hydrazine groups is 2. The van der Waals surface area contributed by atoms with Crippen molar-refractivity contribution in [2.24, 2.45) is 5.84 Å². The normalized spacial score (nSPS) is 11.8. The van der Waals surface area contributed by atoms with Crippen molar-refractivity contribution in [2.45, 2.75) is 4.21 Å². The quantitative estimate of drug-likeness (QED) is 0.383. The Kier molecular flexibility index (Phi) is 4.00. The van der Waals surface area contributed by atoms with Gasteiger partial charge in [0.2, 0.25) is 0 Å². The van der Waals surface area contributed by atoms with Crippen LogP contribution in [-0.2, 0) is 10.0 Å². The SMILES string of the molecule is CN(C)NS(=O)(=O)c1cc([N+](=O)[O-])c(NN)s1. The molecule has 4 N–H and O–H groups in total. The van der Waals surface area contributed by atoms with E-state index in [0.29, 0.717) is 11.3 Å². The minimum atomic E-state index is -3.81. The zero-order valence-electron chi connectivity index (χ0n) is 9.00. The molecule has 9 nitrogen and oxygen atoms in total. The van der Waals surface area contributed by atoms with Crippen LogP contribution in [0.15, 0.2) is 10.3 Å². The van der Waals surface area contributed by atoms with Crippen LogP contribution in [0.2, 0.25) is 0 Å². The Balaban J connectivity index is 3.21. The van der Waals surface area contributed by atoms with Crippen LogP contribution >= 0.6 is 11.3 Å². The molecule has 1 aromatic heterocycles. The fraction of sp³-hybridized carbons (Fsp3) is 0.333. The predicted molar refractivity (Wildman–Crippen MR) is 62.8 cm³/mol. The summed E-state index contributed by atoms with van der Waals surface area (Å²) in [6.07, 6.45) is 0. The van der Waals surface area contributed by atoms with Crippen molar-refractivity contribution in [3.8, 4) is 0 Å². The second kappa shape index (κ2) is 4.93. The molecule has 1 heterocycles. The van der Waals surface area contributed by atoms with E-state index in [4.69, 9.17) is 5.84 Å². The molecule has 0 saturated carbocycles. The summed E-state index contributed by atoms with van der Waals surface area (Å²) in [5.41, 5.74) is 1.72. The summed E-state index contributed by atoms with van der Waals surface area (Å²) in [6, 6.07) is 0.950. The van der Waals surface area contributed by atoms with Crippen LogP contribution in [0.4, 0.5) is 10.7 Å². The smallest absolute Gasteiger partial charge is 0.306 e. The van der Waals surface area contributed by atoms with Crippen LogP contribution in [0.3, 0.4) is 0 Å². The Morgan fingerprint density at radius 3 is 2.47 bits per heavy atom. The number of thiophene rings is 1. The van der Waals surface area contributed by atoms with Gasteiger partial charge >= 0.3 is 5.69 Å². The summed E-state index contributed by atoms with van der Waals surface area (Å²) in [5, 5.41) is 11.8. The van der Waals surface area contributed by atoms with Crippen LogP contribution < -0.4 is 16.1 Å². The van der Waals surface area contributed by atoms with E-state index in [1.54, 1.807) is 0 Å². The van der Waals surface area contributed by atoms with E-state index < -0.39 is 14.9 Å². The van der Waals surface area contributed by atoms with Gasteiger partial charge in [-0.05, 0) is 0 Å². The molecular weight excluding hydrogens is 270 g/mol. The third kappa shape index (κ3) is 3.10. The molecule has 0 radical (unpaired) electrons. The number of nitrogen functional groups attached to an aromatic ring is 1. The first-order valence-corrected chi connectivity index (χ1v) is 6.52. The second-order valence-electron chi connectivity index (χ2n) is 3.17. The minimum absolute atomic E-state index is 0.0193. The van der Waals surface area contributed by atoms with Gasteiger partial charge in [0.05, 0.1) is 4.92 Å². The topological polar surface area (TPSA) is 131 Å². The van der Waals surface area contributed by atoms with Crippen molar-refractivity contribution in [3.63, 3.8) is 0 Å². The van der Waals surface area contributed by atoms with E-state index in [2.05, 4.69) is 10.3 Å². The summed E-state index contributed by atoms with van der Waals surface area (Å²) >= 11 is 0.682. The number of nitro groups is 1. The van der Waals surface area contributed by atoms with Crippen molar-refractivity contribution in [1.82, 2.24) is 9.84 Å². The molecule has 0 amide bonds. The lowest BCUT2D eigenvalue weighted by atomic mass is 10.5. The standard InChI is InChI=1S/C6H11N5O4S2/c1-10(2)9-17(14,15)5-3-4(11(12)13)6(8-7)16-5/h3,8-9H,7H2,1-2H3. The molecule has 0 fully saturated rings. The van der Waals surface area contributed by atoms with Gasteiger partial charge in [0.25, 0.3) is 10.0 Å². The van der Waals surface area contributed by atoms with Crippen LogP contribution in [-0.4, -0.2) is 32.4 Å². The highest BCUT2D eigenvalue weighted by atomic mass is 32.2. The van der Waals surface area contributed by atoms with Gasteiger partial charge in [0, 0.05) is 20.2 Å². The Bertz CT molecular complexity index is 523. The summed E-state index contributed by atoms with van der Waals surface area (Å²) in [7, 11) is -0.835. The molecule has 0 aliphatic rings. The highest BCUT2D eigenvalue weighted by Gasteiger charge is 2.26. The van der Waals surface area contributed by atoms with Crippen LogP contribution in [0.5, 0.6) is 0 Å². The van der Waals surface area contributed by atoms with Gasteiger partial charge in [0.1, 0.15) is 4.21 Å². The first kappa shape index (κ1) is 13.8. The monoisotopic (exact) mass is 281 g/mol. The number of nitrogens with two attached hydrogens (primary N) is 1. The van der Waals surface area contributed by atoms with Gasteiger partial charge in [-0.1, -0.05) is 11.3 Å². The van der Waals surface area contributed by atoms with E-state index in [1.165, 1.54) is 19.1 Å². The zero-order chi connectivity index (χ0) is 13.2. The largest absolute Gasteiger partial charge is 0.310 e. The first-order chi connectivity index (χ1) is 7.77. The maximum Gasteiger partial charge on any atom is 0.306 e. The number of sulfonamides is 1. The Hall–Kier alpha value is -1.27. The summed E-state index contributed by atoms with van der Waals surface area (Å²) in [6.45, 7) is 0. The molecule has 0 spiro atoms. The van der Waals surface area contributed by atoms with Gasteiger partial charge < -0.3 is 5.43 Å². The Morgan fingerprint density at radius 2 is 2.12 bits per heavy atom. The first-order valence-electron chi connectivity index (χ1n) is 4.22. The fourth-order valence-corrected chi connectivity index (χ4v) is 3.32. The molecule has 96 valence electrons. The molecule has 1 aromatic rings. The zero-order valence-corrected chi connectivity index (χ0v) is 10.6. The van der Waals surface area contributed by atoms with E-state index in [1.807, 2.05) is 0 Å². The fourth-order valence-electron chi connectivity index (χ4n) is 1.02. The second-order valence-corrected chi connectivity index (χ2v) is 6.11. The molecule has 0 unspecified atom stereocenters. The molecule has 0 aromatic carbocycles. The van der Waals surface area contributed by atoms with E-state index in [0.717, 1.165) is 6.07 Å². The third-order valence-electron chi connectivity index (χ3n) is 1.59. The van der Waals surface area contributed by atoms with E-state index in [-0.39, 0.29) is 14.9 Å². The predicted octanol–water partition coefficient (Wildman–Crippen LogP) is -0.303. The number of nitrogens with one attached hydrogen (secondary N) is 2. The van der Waals surface area contributed by atoms with E-state index >= 15 is 0 Å². The highest BCUT2D eigenvalue weighted by Crippen LogP contribution is 2.36. The van der Waals surface area contributed by atoms with Crippen LogP contribution in [0.1, 0.15) is 0 Å². The number of hydrogen-bond acceptors (Lipinski definition) is 8. The highest BCUT2D eigenvalue weighted by molar-refractivity contribution is 7.91. The van der Waals surface area contributed by atoms with Crippen molar-refractivity contribution < 1.29 is 13.3 Å². The lowest BCUT2D eigenvalue weighted by Crippen LogP contribution is -2.35. The molecule has 17 heavy (non-hydrogen) atoms. The molecule has 11 heteroatoms. The average Bonchev–Trinajstić information content (AvgIpc) is 2.59. The molecule has 0 bridgehead atoms. The molecule has 0 aliphatic carbocycles. The minimum Gasteiger partial charge on any atom is -0.310 e. The van der Waals surface area contributed by atoms with Gasteiger partial charge in [-0.25, -0.2) is 19.3 Å². The van der Waals surface area contributed by atoms with Crippen molar-refractivity contribution >= 4 is 32.0 Å². The number of nitrogens with zero attached hydrogens (tertiary/aromatic N) is 2. The Morgan fingerprint density at radius 1 is 1.53 bits per heavy atom. The molecule has 0 saturated heterocycles. The van der Waals surface area contributed by atoms with Gasteiger partial charge in [-0.15, -0.1) is 4.83 Å². The summed E-state index contributed by atoms with van der Waals surface area (Å²) in [4.78, 5) is 12.1. The molecular formula is C6H11N5O4S2. The van der Waals surface area contributed by atoms with E-state index in [9.17, 15) is 18.5 Å².